The van der Waals surface area contributed by atoms with Crippen LogP contribution < -0.4 is 4.74 Å². The monoisotopic (exact) mass is 252 g/mol. The quantitative estimate of drug-likeness (QED) is 0.823. The molecule has 0 radical (unpaired) electrons. The van der Waals surface area contributed by atoms with Gasteiger partial charge in [0.2, 0.25) is 0 Å². The molecule has 1 heterocycles. The van der Waals surface area contributed by atoms with Crippen molar-refractivity contribution < 1.29 is 4.74 Å². The van der Waals surface area contributed by atoms with Crippen molar-refractivity contribution in [3.63, 3.8) is 0 Å². The standard InChI is InChI=1S/C13H17ClN2O/c1-3-8-17-12-5-4-10(9-11(12)14)13-15-6-7-16(13)2/h4-5,9H,3,6-8H2,1-2H3. The van der Waals surface area contributed by atoms with E-state index in [4.69, 9.17) is 16.3 Å². The van der Waals surface area contributed by atoms with E-state index >= 15 is 0 Å². The minimum atomic E-state index is 0.652. The van der Waals surface area contributed by atoms with E-state index in [9.17, 15) is 0 Å². The number of likely N-dealkylation sites (N-methyl/N-ethyl adjacent to an activating group) is 1. The van der Waals surface area contributed by atoms with Crippen LogP contribution in [0.25, 0.3) is 0 Å². The minimum Gasteiger partial charge on any atom is -0.492 e. The van der Waals surface area contributed by atoms with Crippen molar-refractivity contribution in [2.75, 3.05) is 26.7 Å². The molecule has 1 aromatic carbocycles. The van der Waals surface area contributed by atoms with Crippen molar-refractivity contribution in [2.45, 2.75) is 13.3 Å². The summed E-state index contributed by atoms with van der Waals surface area (Å²) in [6, 6.07) is 5.85. The highest BCUT2D eigenvalue weighted by molar-refractivity contribution is 6.32. The van der Waals surface area contributed by atoms with E-state index in [1.807, 2.05) is 25.2 Å². The van der Waals surface area contributed by atoms with E-state index in [0.717, 1.165) is 36.7 Å². The lowest BCUT2D eigenvalue weighted by Crippen LogP contribution is -2.23. The fourth-order valence-electron chi connectivity index (χ4n) is 1.81. The van der Waals surface area contributed by atoms with Gasteiger partial charge in [0.25, 0.3) is 0 Å². The topological polar surface area (TPSA) is 24.8 Å². The highest BCUT2D eigenvalue weighted by Crippen LogP contribution is 2.26. The van der Waals surface area contributed by atoms with Crippen molar-refractivity contribution >= 4 is 17.4 Å². The molecule has 0 saturated carbocycles. The molecule has 1 aliphatic heterocycles. The molecule has 17 heavy (non-hydrogen) atoms. The maximum atomic E-state index is 6.19. The van der Waals surface area contributed by atoms with Gasteiger partial charge in [0.15, 0.2) is 0 Å². The first-order valence-corrected chi connectivity index (χ1v) is 6.28. The van der Waals surface area contributed by atoms with Crippen LogP contribution in [-0.4, -0.2) is 37.5 Å². The van der Waals surface area contributed by atoms with Gasteiger partial charge in [-0.15, -0.1) is 0 Å². The van der Waals surface area contributed by atoms with E-state index in [0.29, 0.717) is 11.6 Å². The van der Waals surface area contributed by atoms with Crippen LogP contribution in [0, 0.1) is 0 Å². The maximum Gasteiger partial charge on any atom is 0.137 e. The number of hydrogen-bond donors (Lipinski definition) is 0. The number of rotatable bonds is 4. The van der Waals surface area contributed by atoms with Crippen LogP contribution in [0.5, 0.6) is 5.75 Å². The summed E-state index contributed by atoms with van der Waals surface area (Å²) in [6.07, 6.45) is 0.980. The van der Waals surface area contributed by atoms with Crippen LogP contribution in [0.2, 0.25) is 5.02 Å². The molecule has 0 fully saturated rings. The Hall–Kier alpha value is -1.22. The van der Waals surface area contributed by atoms with E-state index in [-0.39, 0.29) is 0 Å². The zero-order valence-corrected chi connectivity index (χ0v) is 11.0. The number of benzene rings is 1. The largest absolute Gasteiger partial charge is 0.492 e. The third-order valence-electron chi connectivity index (χ3n) is 2.71. The fourth-order valence-corrected chi connectivity index (χ4v) is 2.05. The molecule has 0 atom stereocenters. The molecule has 0 aliphatic carbocycles. The van der Waals surface area contributed by atoms with Gasteiger partial charge in [-0.05, 0) is 24.6 Å². The summed E-state index contributed by atoms with van der Waals surface area (Å²) < 4.78 is 5.54. The predicted octanol–water partition coefficient (Wildman–Crippen LogP) is 2.82. The van der Waals surface area contributed by atoms with Gasteiger partial charge in [-0.1, -0.05) is 18.5 Å². The number of amidine groups is 1. The molecule has 0 unspecified atom stereocenters. The first kappa shape index (κ1) is 12.2. The van der Waals surface area contributed by atoms with Crippen LogP contribution in [0.4, 0.5) is 0 Å². The molecular formula is C13H17ClN2O. The molecule has 1 aliphatic rings. The maximum absolute atomic E-state index is 6.19. The average molecular weight is 253 g/mol. The van der Waals surface area contributed by atoms with Gasteiger partial charge in [-0.2, -0.15) is 0 Å². The van der Waals surface area contributed by atoms with Crippen LogP contribution in [0.1, 0.15) is 18.9 Å². The Labute approximate surface area is 107 Å². The molecule has 3 nitrogen and oxygen atoms in total. The number of hydrogen-bond acceptors (Lipinski definition) is 3. The van der Waals surface area contributed by atoms with Crippen molar-refractivity contribution in [3.05, 3.63) is 28.8 Å². The lowest BCUT2D eigenvalue weighted by atomic mass is 10.2. The van der Waals surface area contributed by atoms with Crippen molar-refractivity contribution in [1.82, 2.24) is 4.90 Å². The summed E-state index contributed by atoms with van der Waals surface area (Å²) >= 11 is 6.19. The Balaban J connectivity index is 2.19. The SMILES string of the molecule is CCCOc1ccc(C2=NCCN2C)cc1Cl. The summed E-state index contributed by atoms with van der Waals surface area (Å²) in [6.45, 7) is 4.60. The highest BCUT2D eigenvalue weighted by Gasteiger charge is 2.15. The smallest absolute Gasteiger partial charge is 0.137 e. The second kappa shape index (κ2) is 5.41. The van der Waals surface area contributed by atoms with Gasteiger partial charge in [0.1, 0.15) is 11.6 Å². The van der Waals surface area contributed by atoms with Crippen LogP contribution in [0.15, 0.2) is 23.2 Å². The molecule has 0 saturated heterocycles. The van der Waals surface area contributed by atoms with Gasteiger partial charge in [0, 0.05) is 19.2 Å². The summed E-state index contributed by atoms with van der Waals surface area (Å²) in [5, 5.41) is 0.652. The Bertz CT molecular complexity index is 431. The molecular weight excluding hydrogens is 236 g/mol. The van der Waals surface area contributed by atoms with Crippen LogP contribution >= 0.6 is 11.6 Å². The van der Waals surface area contributed by atoms with Gasteiger partial charge >= 0.3 is 0 Å². The zero-order valence-electron chi connectivity index (χ0n) is 10.2. The molecule has 0 spiro atoms. The molecule has 0 N–H and O–H groups in total. The van der Waals surface area contributed by atoms with E-state index < -0.39 is 0 Å². The van der Waals surface area contributed by atoms with E-state index in [1.165, 1.54) is 0 Å². The molecule has 4 heteroatoms. The second-order valence-corrected chi connectivity index (χ2v) is 4.53. The lowest BCUT2D eigenvalue weighted by molar-refractivity contribution is 0.317. The van der Waals surface area contributed by atoms with Crippen molar-refractivity contribution in [2.24, 2.45) is 4.99 Å². The van der Waals surface area contributed by atoms with E-state index in [1.54, 1.807) is 0 Å². The number of aliphatic imine (C=N–C) groups is 1. The second-order valence-electron chi connectivity index (χ2n) is 4.12. The fraction of sp³-hybridized carbons (Fsp3) is 0.462. The number of ether oxygens (including phenoxy) is 1. The van der Waals surface area contributed by atoms with Crippen LogP contribution in [0.3, 0.4) is 0 Å². The number of nitrogens with zero attached hydrogens (tertiary/aromatic N) is 2. The molecule has 2 rings (SSSR count). The van der Waals surface area contributed by atoms with Gasteiger partial charge in [-0.3, -0.25) is 4.99 Å². The van der Waals surface area contributed by atoms with Gasteiger partial charge < -0.3 is 9.64 Å². The Morgan fingerprint density at radius 1 is 1.47 bits per heavy atom. The Kier molecular flexibility index (Phi) is 3.89. The van der Waals surface area contributed by atoms with E-state index in [2.05, 4.69) is 16.8 Å². The minimum absolute atomic E-state index is 0.652. The Morgan fingerprint density at radius 3 is 2.88 bits per heavy atom. The number of halogens is 1. The highest BCUT2D eigenvalue weighted by atomic mass is 35.5. The molecule has 0 aromatic heterocycles. The summed E-state index contributed by atoms with van der Waals surface area (Å²) in [7, 11) is 2.04. The predicted molar refractivity (Wildman–Crippen MR) is 71.3 cm³/mol. The zero-order chi connectivity index (χ0) is 12.3. The van der Waals surface area contributed by atoms with Gasteiger partial charge in [0.05, 0.1) is 18.2 Å². The molecule has 0 amide bonds. The first-order valence-electron chi connectivity index (χ1n) is 5.90. The lowest BCUT2D eigenvalue weighted by Gasteiger charge is -2.15. The molecule has 1 aromatic rings. The van der Waals surface area contributed by atoms with Crippen molar-refractivity contribution in [3.8, 4) is 5.75 Å². The summed E-state index contributed by atoms with van der Waals surface area (Å²) in [5.74, 6) is 1.76. The van der Waals surface area contributed by atoms with Crippen LogP contribution in [-0.2, 0) is 0 Å². The Morgan fingerprint density at radius 2 is 2.29 bits per heavy atom. The summed E-state index contributed by atoms with van der Waals surface area (Å²) in [5.41, 5.74) is 1.05. The molecule has 92 valence electrons. The normalized spacial score (nSPS) is 15.0. The third kappa shape index (κ3) is 2.72. The average Bonchev–Trinajstić information content (AvgIpc) is 2.74. The molecule has 0 bridgehead atoms. The van der Waals surface area contributed by atoms with Gasteiger partial charge in [-0.25, -0.2) is 0 Å². The first-order chi connectivity index (χ1) is 8.22. The summed E-state index contributed by atoms with van der Waals surface area (Å²) in [4.78, 5) is 6.60. The van der Waals surface area contributed by atoms with Crippen molar-refractivity contribution in [1.29, 1.82) is 0 Å². The third-order valence-corrected chi connectivity index (χ3v) is 3.01.